The molecule has 20 heavy (non-hydrogen) atoms. The summed E-state index contributed by atoms with van der Waals surface area (Å²) in [6.07, 6.45) is 4.78. The van der Waals surface area contributed by atoms with Gasteiger partial charge in [-0.3, -0.25) is 4.79 Å². The standard InChI is InChI=1S/C14H18N4OS/c1-4-11-12(20-9(3)18-11)8-17-14(19)10-6-15-13(5-2)16-7-10/h6-7H,4-5,8H2,1-3H3,(H,17,19). The van der Waals surface area contributed by atoms with Gasteiger partial charge in [0.1, 0.15) is 5.82 Å². The number of aryl methyl sites for hydroxylation is 3. The summed E-state index contributed by atoms with van der Waals surface area (Å²) < 4.78 is 0. The van der Waals surface area contributed by atoms with Gasteiger partial charge in [-0.1, -0.05) is 13.8 Å². The second-order valence-electron chi connectivity index (χ2n) is 4.38. The van der Waals surface area contributed by atoms with Gasteiger partial charge in [0.25, 0.3) is 5.91 Å². The molecule has 2 heterocycles. The second kappa shape index (κ2) is 6.56. The molecule has 0 spiro atoms. The van der Waals surface area contributed by atoms with Crippen molar-refractivity contribution in [1.82, 2.24) is 20.3 Å². The van der Waals surface area contributed by atoms with Crippen LogP contribution in [0.25, 0.3) is 0 Å². The van der Waals surface area contributed by atoms with Crippen molar-refractivity contribution in [3.8, 4) is 0 Å². The highest BCUT2D eigenvalue weighted by atomic mass is 32.1. The zero-order chi connectivity index (χ0) is 14.5. The molecule has 0 unspecified atom stereocenters. The Kier molecular flexibility index (Phi) is 4.79. The highest BCUT2D eigenvalue weighted by molar-refractivity contribution is 7.11. The predicted molar refractivity (Wildman–Crippen MR) is 78.8 cm³/mol. The predicted octanol–water partition coefficient (Wildman–Crippen LogP) is 2.30. The Hall–Kier alpha value is -1.82. The first-order chi connectivity index (χ1) is 9.63. The largest absolute Gasteiger partial charge is 0.347 e. The van der Waals surface area contributed by atoms with Crippen LogP contribution in [0, 0.1) is 6.92 Å². The summed E-state index contributed by atoms with van der Waals surface area (Å²) in [4.78, 5) is 25.8. The number of carbonyl (C=O) groups is 1. The summed E-state index contributed by atoms with van der Waals surface area (Å²) in [5, 5.41) is 3.92. The Morgan fingerprint density at radius 2 is 1.95 bits per heavy atom. The Morgan fingerprint density at radius 3 is 2.55 bits per heavy atom. The van der Waals surface area contributed by atoms with Gasteiger partial charge in [0.2, 0.25) is 0 Å². The average molecular weight is 290 g/mol. The van der Waals surface area contributed by atoms with Crippen molar-refractivity contribution in [1.29, 1.82) is 0 Å². The molecule has 0 fully saturated rings. The number of carbonyl (C=O) groups excluding carboxylic acids is 1. The van der Waals surface area contributed by atoms with E-state index in [1.165, 1.54) is 0 Å². The molecule has 2 aromatic rings. The monoisotopic (exact) mass is 290 g/mol. The molecule has 0 aliphatic carbocycles. The van der Waals surface area contributed by atoms with Gasteiger partial charge in [-0.05, 0) is 13.3 Å². The Balaban J connectivity index is 2.00. The minimum atomic E-state index is -0.152. The third-order valence-electron chi connectivity index (χ3n) is 2.91. The zero-order valence-electron chi connectivity index (χ0n) is 11.9. The molecule has 2 aromatic heterocycles. The van der Waals surface area contributed by atoms with Crippen LogP contribution in [-0.4, -0.2) is 20.9 Å². The zero-order valence-corrected chi connectivity index (χ0v) is 12.8. The van der Waals surface area contributed by atoms with Gasteiger partial charge in [0.15, 0.2) is 0 Å². The molecule has 0 atom stereocenters. The summed E-state index contributed by atoms with van der Waals surface area (Å²) >= 11 is 1.63. The van der Waals surface area contributed by atoms with E-state index < -0.39 is 0 Å². The quantitative estimate of drug-likeness (QED) is 0.917. The molecule has 0 aliphatic rings. The van der Waals surface area contributed by atoms with Crippen LogP contribution in [0.1, 0.15) is 45.6 Å². The van der Waals surface area contributed by atoms with Crippen molar-refractivity contribution in [2.75, 3.05) is 0 Å². The van der Waals surface area contributed by atoms with Gasteiger partial charge >= 0.3 is 0 Å². The van der Waals surface area contributed by atoms with Crippen molar-refractivity contribution in [2.24, 2.45) is 0 Å². The van der Waals surface area contributed by atoms with E-state index in [2.05, 4.69) is 27.2 Å². The maximum atomic E-state index is 12.0. The highest BCUT2D eigenvalue weighted by Gasteiger charge is 2.11. The van der Waals surface area contributed by atoms with E-state index in [1.54, 1.807) is 23.7 Å². The van der Waals surface area contributed by atoms with E-state index in [1.807, 2.05) is 13.8 Å². The van der Waals surface area contributed by atoms with Crippen molar-refractivity contribution in [2.45, 2.75) is 40.2 Å². The molecule has 0 aromatic carbocycles. The SMILES string of the molecule is CCc1ncc(C(=O)NCc2sc(C)nc2CC)cn1. The summed E-state index contributed by atoms with van der Waals surface area (Å²) in [5.74, 6) is 0.591. The first kappa shape index (κ1) is 14.6. The molecular weight excluding hydrogens is 272 g/mol. The normalized spacial score (nSPS) is 10.6. The van der Waals surface area contributed by atoms with Gasteiger partial charge in [-0.25, -0.2) is 15.0 Å². The van der Waals surface area contributed by atoms with Crippen LogP contribution in [0.3, 0.4) is 0 Å². The first-order valence-electron chi connectivity index (χ1n) is 6.68. The third-order valence-corrected chi connectivity index (χ3v) is 3.93. The summed E-state index contributed by atoms with van der Waals surface area (Å²) in [7, 11) is 0. The van der Waals surface area contributed by atoms with Gasteiger partial charge in [-0.2, -0.15) is 0 Å². The number of rotatable bonds is 5. The van der Waals surface area contributed by atoms with Crippen LogP contribution in [0.4, 0.5) is 0 Å². The van der Waals surface area contributed by atoms with Crippen molar-refractivity contribution in [3.63, 3.8) is 0 Å². The molecule has 0 saturated heterocycles. The van der Waals surface area contributed by atoms with Crippen LogP contribution in [0.15, 0.2) is 12.4 Å². The minimum Gasteiger partial charge on any atom is -0.347 e. The van der Waals surface area contributed by atoms with Crippen molar-refractivity contribution >= 4 is 17.2 Å². The fourth-order valence-electron chi connectivity index (χ4n) is 1.84. The highest BCUT2D eigenvalue weighted by Crippen LogP contribution is 2.18. The molecular formula is C14H18N4OS. The fourth-order valence-corrected chi connectivity index (χ4v) is 2.81. The summed E-state index contributed by atoms with van der Waals surface area (Å²) in [6, 6.07) is 0. The maximum Gasteiger partial charge on any atom is 0.254 e. The maximum absolute atomic E-state index is 12.0. The molecule has 0 aliphatic heterocycles. The van der Waals surface area contributed by atoms with Crippen molar-refractivity contribution < 1.29 is 4.79 Å². The van der Waals surface area contributed by atoms with Crippen LogP contribution >= 0.6 is 11.3 Å². The van der Waals surface area contributed by atoms with Gasteiger partial charge in [-0.15, -0.1) is 11.3 Å². The molecule has 5 nitrogen and oxygen atoms in total. The Bertz CT molecular complexity index is 592. The minimum absolute atomic E-state index is 0.152. The lowest BCUT2D eigenvalue weighted by Crippen LogP contribution is -2.23. The van der Waals surface area contributed by atoms with Crippen LogP contribution in [-0.2, 0) is 19.4 Å². The molecule has 2 rings (SSSR count). The Labute approximate surface area is 122 Å². The first-order valence-corrected chi connectivity index (χ1v) is 7.50. The topological polar surface area (TPSA) is 67.8 Å². The van der Waals surface area contributed by atoms with E-state index in [0.717, 1.165) is 34.2 Å². The molecule has 106 valence electrons. The number of hydrogen-bond acceptors (Lipinski definition) is 5. The number of aromatic nitrogens is 3. The summed E-state index contributed by atoms with van der Waals surface area (Å²) in [6.45, 7) is 6.53. The number of thiazole rings is 1. The van der Waals surface area contributed by atoms with Crippen LogP contribution in [0.2, 0.25) is 0 Å². The van der Waals surface area contributed by atoms with Crippen LogP contribution < -0.4 is 5.32 Å². The number of nitrogens with zero attached hydrogens (tertiary/aromatic N) is 3. The molecule has 0 radical (unpaired) electrons. The molecule has 6 heteroatoms. The number of amides is 1. The van der Waals surface area contributed by atoms with E-state index >= 15 is 0 Å². The molecule has 0 bridgehead atoms. The smallest absolute Gasteiger partial charge is 0.254 e. The average Bonchev–Trinajstić information content (AvgIpc) is 2.85. The Morgan fingerprint density at radius 1 is 1.25 bits per heavy atom. The summed E-state index contributed by atoms with van der Waals surface area (Å²) in [5.41, 5.74) is 1.55. The van der Waals surface area contributed by atoms with E-state index in [9.17, 15) is 4.79 Å². The fraction of sp³-hybridized carbons (Fsp3) is 0.429. The lowest BCUT2D eigenvalue weighted by molar-refractivity contribution is 0.0950. The lowest BCUT2D eigenvalue weighted by atomic mass is 10.2. The van der Waals surface area contributed by atoms with E-state index in [4.69, 9.17) is 0 Å². The molecule has 1 amide bonds. The van der Waals surface area contributed by atoms with Crippen LogP contribution in [0.5, 0.6) is 0 Å². The van der Waals surface area contributed by atoms with E-state index in [0.29, 0.717) is 12.1 Å². The lowest BCUT2D eigenvalue weighted by Gasteiger charge is -2.04. The van der Waals surface area contributed by atoms with Gasteiger partial charge < -0.3 is 5.32 Å². The van der Waals surface area contributed by atoms with Crippen molar-refractivity contribution in [3.05, 3.63) is 39.4 Å². The van der Waals surface area contributed by atoms with Gasteiger partial charge in [0.05, 0.1) is 22.8 Å². The van der Waals surface area contributed by atoms with E-state index in [-0.39, 0.29) is 5.91 Å². The third kappa shape index (κ3) is 3.39. The molecule has 1 N–H and O–H groups in total. The molecule has 0 saturated carbocycles. The van der Waals surface area contributed by atoms with Gasteiger partial charge in [0, 0.05) is 23.7 Å². The number of hydrogen-bond donors (Lipinski definition) is 1. The second-order valence-corrected chi connectivity index (χ2v) is 5.67. The number of nitrogens with one attached hydrogen (secondary N) is 1.